The first-order chi connectivity index (χ1) is 12.8. The van der Waals surface area contributed by atoms with E-state index in [1.54, 1.807) is 13.8 Å². The Morgan fingerprint density at radius 3 is 2.48 bits per heavy atom. The van der Waals surface area contributed by atoms with E-state index in [0.29, 0.717) is 12.4 Å². The molecule has 0 aliphatic carbocycles. The zero-order valence-corrected chi connectivity index (χ0v) is 16.6. The standard InChI is InChI=1S/C18H25ClN2O6/c1-5-6-26-17-13(19)7-12(8-14(17)25-4)18(24)27-10-16(23)20-9-15(22)21-11(2)3/h7-8,11H,5-6,9-10H2,1-4H3,(H,20,23)(H,21,22). The van der Waals surface area contributed by atoms with Crippen molar-refractivity contribution in [3.05, 3.63) is 22.7 Å². The SMILES string of the molecule is CCCOc1c(Cl)cc(C(=O)OCC(=O)NCC(=O)NC(C)C)cc1OC. The maximum atomic E-state index is 12.1. The normalized spacial score (nSPS) is 10.3. The number of esters is 1. The Bertz CT molecular complexity index is 678. The summed E-state index contributed by atoms with van der Waals surface area (Å²) in [6.45, 7) is 5.28. The lowest BCUT2D eigenvalue weighted by Gasteiger charge is -2.13. The molecule has 1 aromatic rings. The van der Waals surface area contributed by atoms with Crippen LogP contribution in [0.3, 0.4) is 0 Å². The lowest BCUT2D eigenvalue weighted by atomic mass is 10.2. The van der Waals surface area contributed by atoms with Crippen LogP contribution in [-0.2, 0) is 14.3 Å². The first kappa shape index (κ1) is 22.6. The average Bonchev–Trinajstić information content (AvgIpc) is 2.62. The highest BCUT2D eigenvalue weighted by Crippen LogP contribution is 2.36. The van der Waals surface area contributed by atoms with E-state index in [2.05, 4.69) is 10.6 Å². The Morgan fingerprint density at radius 1 is 1.19 bits per heavy atom. The van der Waals surface area contributed by atoms with Crippen LogP contribution in [0.15, 0.2) is 12.1 Å². The summed E-state index contributed by atoms with van der Waals surface area (Å²) < 4.78 is 15.6. The molecule has 0 aliphatic heterocycles. The van der Waals surface area contributed by atoms with Gasteiger partial charge in [0.2, 0.25) is 5.91 Å². The predicted octanol–water partition coefficient (Wildman–Crippen LogP) is 1.93. The molecule has 0 saturated carbocycles. The Labute approximate surface area is 163 Å². The van der Waals surface area contributed by atoms with Gasteiger partial charge in [0, 0.05) is 6.04 Å². The molecule has 0 saturated heterocycles. The van der Waals surface area contributed by atoms with Crippen molar-refractivity contribution < 1.29 is 28.6 Å². The Morgan fingerprint density at radius 2 is 1.89 bits per heavy atom. The number of carbonyl (C=O) groups excluding carboxylic acids is 3. The van der Waals surface area contributed by atoms with Crippen molar-refractivity contribution in [1.82, 2.24) is 10.6 Å². The summed E-state index contributed by atoms with van der Waals surface area (Å²) in [6.07, 6.45) is 0.785. The Kier molecular flexibility index (Phi) is 9.42. The van der Waals surface area contributed by atoms with Crippen molar-refractivity contribution >= 4 is 29.4 Å². The predicted molar refractivity (Wildman–Crippen MR) is 100 cm³/mol. The van der Waals surface area contributed by atoms with E-state index in [1.807, 2.05) is 6.92 Å². The summed E-state index contributed by atoms with van der Waals surface area (Å²) >= 11 is 6.15. The van der Waals surface area contributed by atoms with E-state index in [0.717, 1.165) is 6.42 Å². The van der Waals surface area contributed by atoms with Crippen molar-refractivity contribution in [3.63, 3.8) is 0 Å². The molecule has 0 aliphatic rings. The van der Waals surface area contributed by atoms with Crippen LogP contribution in [0.4, 0.5) is 0 Å². The van der Waals surface area contributed by atoms with Crippen LogP contribution in [0.25, 0.3) is 0 Å². The fourth-order valence-electron chi connectivity index (χ4n) is 2.00. The summed E-state index contributed by atoms with van der Waals surface area (Å²) in [7, 11) is 1.43. The van der Waals surface area contributed by atoms with Crippen molar-refractivity contribution in [2.45, 2.75) is 33.2 Å². The van der Waals surface area contributed by atoms with Gasteiger partial charge >= 0.3 is 5.97 Å². The van der Waals surface area contributed by atoms with Gasteiger partial charge in [-0.1, -0.05) is 18.5 Å². The number of hydrogen-bond donors (Lipinski definition) is 2. The van der Waals surface area contributed by atoms with Crippen LogP contribution in [0.2, 0.25) is 5.02 Å². The fourth-order valence-corrected chi connectivity index (χ4v) is 2.26. The maximum absolute atomic E-state index is 12.1. The molecule has 1 rings (SSSR count). The van der Waals surface area contributed by atoms with Crippen LogP contribution in [0.1, 0.15) is 37.6 Å². The maximum Gasteiger partial charge on any atom is 0.338 e. The molecule has 9 heteroatoms. The number of ether oxygens (including phenoxy) is 3. The van der Waals surface area contributed by atoms with Gasteiger partial charge in [-0.25, -0.2) is 4.79 Å². The van der Waals surface area contributed by atoms with E-state index in [9.17, 15) is 14.4 Å². The van der Waals surface area contributed by atoms with Gasteiger partial charge < -0.3 is 24.8 Å². The zero-order valence-electron chi connectivity index (χ0n) is 15.9. The number of hydrogen-bond acceptors (Lipinski definition) is 6. The van der Waals surface area contributed by atoms with Gasteiger partial charge in [-0.15, -0.1) is 0 Å². The highest BCUT2D eigenvalue weighted by atomic mass is 35.5. The number of rotatable bonds is 10. The number of methoxy groups -OCH3 is 1. The van der Waals surface area contributed by atoms with Crippen molar-refractivity contribution in [1.29, 1.82) is 0 Å². The van der Waals surface area contributed by atoms with Gasteiger partial charge in [-0.2, -0.15) is 0 Å². The van der Waals surface area contributed by atoms with Gasteiger partial charge in [0.25, 0.3) is 5.91 Å². The minimum atomic E-state index is -0.751. The molecule has 0 atom stereocenters. The van der Waals surface area contributed by atoms with E-state index in [4.69, 9.17) is 25.8 Å². The third kappa shape index (κ3) is 7.74. The highest BCUT2D eigenvalue weighted by molar-refractivity contribution is 6.32. The van der Waals surface area contributed by atoms with E-state index >= 15 is 0 Å². The molecule has 0 fully saturated rings. The minimum absolute atomic E-state index is 0.0313. The highest BCUT2D eigenvalue weighted by Gasteiger charge is 2.18. The molecule has 0 aromatic heterocycles. The number of carbonyl (C=O) groups is 3. The summed E-state index contributed by atoms with van der Waals surface area (Å²) in [4.78, 5) is 35.3. The van der Waals surface area contributed by atoms with Gasteiger partial charge in [-0.3, -0.25) is 9.59 Å². The quantitative estimate of drug-likeness (QED) is 0.582. The Hall–Kier alpha value is -2.48. The van der Waals surface area contributed by atoms with Gasteiger partial charge in [0.1, 0.15) is 0 Å². The summed E-state index contributed by atoms with van der Waals surface area (Å²) in [6, 6.07) is 2.77. The minimum Gasteiger partial charge on any atom is -0.493 e. The second kappa shape index (κ2) is 11.3. The number of halogens is 1. The van der Waals surface area contributed by atoms with Crippen LogP contribution in [-0.4, -0.2) is 50.7 Å². The first-order valence-corrected chi connectivity index (χ1v) is 8.89. The van der Waals surface area contributed by atoms with E-state index in [-0.39, 0.29) is 34.8 Å². The lowest BCUT2D eigenvalue weighted by Crippen LogP contribution is -2.41. The fraction of sp³-hybridized carbons (Fsp3) is 0.500. The second-order valence-electron chi connectivity index (χ2n) is 5.91. The zero-order chi connectivity index (χ0) is 20.4. The third-order valence-electron chi connectivity index (χ3n) is 3.15. The molecule has 0 radical (unpaired) electrons. The first-order valence-electron chi connectivity index (χ1n) is 8.52. The molecule has 0 bridgehead atoms. The molecule has 0 unspecified atom stereocenters. The lowest BCUT2D eigenvalue weighted by molar-refractivity contribution is -0.128. The van der Waals surface area contributed by atoms with E-state index < -0.39 is 18.5 Å². The molecule has 150 valence electrons. The van der Waals surface area contributed by atoms with Crippen LogP contribution < -0.4 is 20.1 Å². The summed E-state index contributed by atoms with van der Waals surface area (Å²) in [5.41, 5.74) is 0.117. The molecule has 8 nitrogen and oxygen atoms in total. The van der Waals surface area contributed by atoms with Crippen molar-refractivity contribution in [3.8, 4) is 11.5 Å². The molecule has 27 heavy (non-hydrogen) atoms. The number of benzene rings is 1. The number of nitrogens with one attached hydrogen (secondary N) is 2. The van der Waals surface area contributed by atoms with Gasteiger partial charge in [0.05, 0.1) is 30.8 Å². The molecule has 2 amide bonds. The summed E-state index contributed by atoms with van der Waals surface area (Å²) in [5.74, 6) is -1.05. The van der Waals surface area contributed by atoms with Crippen LogP contribution in [0, 0.1) is 0 Å². The van der Waals surface area contributed by atoms with Crippen molar-refractivity contribution in [2.75, 3.05) is 26.9 Å². The molecular formula is C18H25ClN2O6. The largest absolute Gasteiger partial charge is 0.493 e. The third-order valence-corrected chi connectivity index (χ3v) is 3.43. The smallest absolute Gasteiger partial charge is 0.338 e. The van der Waals surface area contributed by atoms with Crippen LogP contribution in [0.5, 0.6) is 11.5 Å². The Balaban J connectivity index is 2.63. The topological polar surface area (TPSA) is 103 Å². The molecule has 0 spiro atoms. The van der Waals surface area contributed by atoms with Gasteiger partial charge in [-0.05, 0) is 32.4 Å². The van der Waals surface area contributed by atoms with E-state index in [1.165, 1.54) is 19.2 Å². The molecule has 1 aromatic carbocycles. The monoisotopic (exact) mass is 400 g/mol. The molecule has 2 N–H and O–H groups in total. The number of amides is 2. The summed E-state index contributed by atoms with van der Waals surface area (Å²) in [5, 5.41) is 5.19. The molecular weight excluding hydrogens is 376 g/mol. The second-order valence-corrected chi connectivity index (χ2v) is 6.32. The van der Waals surface area contributed by atoms with Crippen LogP contribution >= 0.6 is 11.6 Å². The van der Waals surface area contributed by atoms with Crippen molar-refractivity contribution in [2.24, 2.45) is 0 Å². The molecule has 0 heterocycles. The van der Waals surface area contributed by atoms with Gasteiger partial charge in [0.15, 0.2) is 18.1 Å². The average molecular weight is 401 g/mol.